The molecule has 1 fully saturated rings. The molecule has 0 aliphatic heterocycles. The van der Waals surface area contributed by atoms with E-state index in [0.717, 1.165) is 31.7 Å². The first kappa shape index (κ1) is 25.3. The summed E-state index contributed by atoms with van der Waals surface area (Å²) in [7, 11) is 0. The van der Waals surface area contributed by atoms with Gasteiger partial charge in [0, 0.05) is 25.1 Å². The van der Waals surface area contributed by atoms with Crippen LogP contribution in [0.4, 0.5) is 8.78 Å². The molecule has 2 unspecified atom stereocenters. The second-order valence-electron chi connectivity index (χ2n) is 10.6. The maximum absolute atomic E-state index is 13.6. The lowest BCUT2D eigenvalue weighted by molar-refractivity contribution is -0.120. The van der Waals surface area contributed by atoms with Gasteiger partial charge in [0.05, 0.1) is 12.1 Å². The smallest absolute Gasteiger partial charge is 0.217 e. The summed E-state index contributed by atoms with van der Waals surface area (Å²) in [5.41, 5.74) is 2.87. The van der Waals surface area contributed by atoms with Crippen LogP contribution in [0, 0.1) is 17.0 Å². The molecule has 2 aromatic carbocycles. The van der Waals surface area contributed by atoms with Crippen LogP contribution in [0.3, 0.4) is 0 Å². The monoisotopic (exact) mass is 458 g/mol. The van der Waals surface area contributed by atoms with Gasteiger partial charge in [0.25, 0.3) is 0 Å². The Morgan fingerprint density at radius 1 is 1.09 bits per heavy atom. The highest BCUT2D eigenvalue weighted by Gasteiger charge is 2.39. The van der Waals surface area contributed by atoms with E-state index < -0.39 is 23.8 Å². The largest absolute Gasteiger partial charge is 0.390 e. The van der Waals surface area contributed by atoms with E-state index in [-0.39, 0.29) is 29.8 Å². The molecule has 3 rings (SSSR count). The van der Waals surface area contributed by atoms with Gasteiger partial charge in [0.15, 0.2) is 0 Å². The van der Waals surface area contributed by atoms with Gasteiger partial charge < -0.3 is 15.7 Å². The van der Waals surface area contributed by atoms with Gasteiger partial charge in [-0.05, 0) is 66.3 Å². The number of amides is 1. The van der Waals surface area contributed by atoms with E-state index >= 15 is 0 Å². The number of aliphatic hydroxyl groups is 1. The van der Waals surface area contributed by atoms with Crippen molar-refractivity contribution < 1.29 is 18.7 Å². The third-order valence-corrected chi connectivity index (χ3v) is 6.30. The minimum absolute atomic E-state index is 0.130. The average Bonchev–Trinajstić information content (AvgIpc) is 2.64. The van der Waals surface area contributed by atoms with Gasteiger partial charge in [-0.15, -0.1) is 0 Å². The number of hydrogen-bond donors (Lipinski definition) is 3. The minimum atomic E-state index is -0.921. The van der Waals surface area contributed by atoms with E-state index in [1.807, 2.05) is 0 Å². The van der Waals surface area contributed by atoms with Crippen LogP contribution in [0.15, 0.2) is 42.5 Å². The number of hydrogen-bond acceptors (Lipinski definition) is 3. The van der Waals surface area contributed by atoms with Crippen molar-refractivity contribution in [3.8, 4) is 0 Å². The number of carbonyl (C=O) groups excluding carboxylic acids is 1. The molecule has 0 radical (unpaired) electrons. The van der Waals surface area contributed by atoms with E-state index in [0.29, 0.717) is 5.56 Å². The molecule has 180 valence electrons. The van der Waals surface area contributed by atoms with Crippen LogP contribution in [0.2, 0.25) is 0 Å². The summed E-state index contributed by atoms with van der Waals surface area (Å²) in [5, 5.41) is 17.2. The number of carbonyl (C=O) groups is 1. The van der Waals surface area contributed by atoms with Crippen molar-refractivity contribution >= 4 is 5.91 Å². The summed E-state index contributed by atoms with van der Waals surface area (Å²) in [5.74, 6) is -1.66. The average molecular weight is 459 g/mol. The quantitative estimate of drug-likeness (QED) is 0.513. The summed E-state index contributed by atoms with van der Waals surface area (Å²) in [6, 6.07) is 11.2. The van der Waals surface area contributed by atoms with Crippen LogP contribution in [-0.2, 0) is 23.2 Å². The fourth-order valence-corrected chi connectivity index (χ4v) is 4.66. The number of aliphatic hydroxyl groups excluding tert-OH is 1. The Balaban J connectivity index is 1.72. The van der Waals surface area contributed by atoms with E-state index in [1.165, 1.54) is 30.2 Å². The zero-order chi connectivity index (χ0) is 24.2. The molecule has 6 heteroatoms. The van der Waals surface area contributed by atoms with Crippen molar-refractivity contribution in [3.63, 3.8) is 0 Å². The lowest BCUT2D eigenvalue weighted by atomic mass is 9.71. The molecule has 2 atom stereocenters. The van der Waals surface area contributed by atoms with Crippen LogP contribution in [0.25, 0.3) is 0 Å². The van der Waals surface area contributed by atoms with Gasteiger partial charge in [0.1, 0.15) is 11.6 Å². The normalized spacial score (nSPS) is 17.2. The highest BCUT2D eigenvalue weighted by atomic mass is 19.1. The Bertz CT molecular complexity index is 947. The Morgan fingerprint density at radius 3 is 2.30 bits per heavy atom. The molecule has 0 saturated heterocycles. The van der Waals surface area contributed by atoms with Gasteiger partial charge in [0.2, 0.25) is 5.91 Å². The number of benzene rings is 2. The molecule has 33 heavy (non-hydrogen) atoms. The van der Waals surface area contributed by atoms with Gasteiger partial charge in [-0.3, -0.25) is 4.79 Å². The zero-order valence-electron chi connectivity index (χ0n) is 20.1. The standard InChI is InChI=1S/C27H36F2N2O2/c1-18(32)31-24(14-20-12-22(28)15-23(29)13-20)25(33)17-30-27(9-6-10-27)21-8-5-7-19(11-21)16-26(2,3)4/h5,7-8,11-13,15,24-25,30,33H,6,9-10,14,16-17H2,1-4H3,(H,31,32). The topological polar surface area (TPSA) is 61.4 Å². The molecule has 0 bridgehead atoms. The summed E-state index contributed by atoms with van der Waals surface area (Å²) in [4.78, 5) is 11.7. The van der Waals surface area contributed by atoms with Crippen molar-refractivity contribution in [1.29, 1.82) is 0 Å². The second-order valence-corrected chi connectivity index (χ2v) is 10.6. The highest BCUT2D eigenvalue weighted by Crippen LogP contribution is 2.41. The molecular formula is C27H36F2N2O2. The molecular weight excluding hydrogens is 422 g/mol. The second kappa shape index (κ2) is 10.3. The number of rotatable bonds is 9. The predicted octanol–water partition coefficient (Wildman–Crippen LogP) is 4.63. The zero-order valence-corrected chi connectivity index (χ0v) is 20.1. The lowest BCUT2D eigenvalue weighted by Gasteiger charge is -2.44. The first-order chi connectivity index (χ1) is 15.5. The van der Waals surface area contributed by atoms with Crippen LogP contribution in [0.1, 0.15) is 63.6 Å². The maximum atomic E-state index is 13.6. The molecule has 1 aliphatic rings. The van der Waals surface area contributed by atoms with Crippen LogP contribution < -0.4 is 10.6 Å². The molecule has 1 amide bonds. The van der Waals surface area contributed by atoms with E-state index in [9.17, 15) is 18.7 Å². The van der Waals surface area contributed by atoms with E-state index in [4.69, 9.17) is 0 Å². The Kier molecular flexibility index (Phi) is 7.91. The van der Waals surface area contributed by atoms with Crippen molar-refractivity contribution in [2.45, 2.75) is 77.5 Å². The molecule has 1 saturated carbocycles. The first-order valence-electron chi connectivity index (χ1n) is 11.7. The van der Waals surface area contributed by atoms with Gasteiger partial charge in [-0.1, -0.05) is 45.0 Å². The fourth-order valence-electron chi connectivity index (χ4n) is 4.66. The third kappa shape index (κ3) is 7.08. The number of halogens is 2. The Labute approximate surface area is 195 Å². The molecule has 1 aliphatic carbocycles. The molecule has 4 nitrogen and oxygen atoms in total. The molecule has 2 aromatic rings. The molecule has 0 spiro atoms. The molecule has 3 N–H and O–H groups in total. The van der Waals surface area contributed by atoms with Crippen molar-refractivity contribution in [2.24, 2.45) is 5.41 Å². The lowest BCUT2D eigenvalue weighted by Crippen LogP contribution is -2.54. The molecule has 0 aromatic heterocycles. The first-order valence-corrected chi connectivity index (χ1v) is 11.7. The minimum Gasteiger partial charge on any atom is -0.390 e. The Morgan fingerprint density at radius 2 is 1.76 bits per heavy atom. The van der Waals surface area contributed by atoms with Gasteiger partial charge in [-0.2, -0.15) is 0 Å². The van der Waals surface area contributed by atoms with Crippen LogP contribution >= 0.6 is 0 Å². The summed E-state index contributed by atoms with van der Waals surface area (Å²) in [6.45, 7) is 8.29. The van der Waals surface area contributed by atoms with Crippen LogP contribution in [0.5, 0.6) is 0 Å². The summed E-state index contributed by atoms with van der Waals surface area (Å²) in [6.07, 6.45) is 3.23. The maximum Gasteiger partial charge on any atom is 0.217 e. The van der Waals surface area contributed by atoms with Crippen molar-refractivity contribution in [2.75, 3.05) is 6.54 Å². The van der Waals surface area contributed by atoms with E-state index in [1.54, 1.807) is 0 Å². The fraction of sp³-hybridized carbons (Fsp3) is 0.519. The summed E-state index contributed by atoms with van der Waals surface area (Å²) >= 11 is 0. The highest BCUT2D eigenvalue weighted by molar-refractivity contribution is 5.73. The van der Waals surface area contributed by atoms with Crippen molar-refractivity contribution in [3.05, 3.63) is 70.8 Å². The number of nitrogens with one attached hydrogen (secondary N) is 2. The third-order valence-electron chi connectivity index (χ3n) is 6.30. The van der Waals surface area contributed by atoms with Gasteiger partial charge >= 0.3 is 0 Å². The predicted molar refractivity (Wildman–Crippen MR) is 127 cm³/mol. The SMILES string of the molecule is CC(=O)NC(Cc1cc(F)cc(F)c1)C(O)CNC1(c2cccc(CC(C)(C)C)c2)CCC1. The van der Waals surface area contributed by atoms with Crippen molar-refractivity contribution in [1.82, 2.24) is 10.6 Å². The Hall–Kier alpha value is -2.31. The molecule has 0 heterocycles. The van der Waals surface area contributed by atoms with Crippen LogP contribution in [-0.4, -0.2) is 29.7 Å². The van der Waals surface area contributed by atoms with E-state index in [2.05, 4.69) is 55.7 Å². The van der Waals surface area contributed by atoms with Gasteiger partial charge in [-0.25, -0.2) is 8.78 Å². The summed E-state index contributed by atoms with van der Waals surface area (Å²) < 4.78 is 27.2.